The van der Waals surface area contributed by atoms with Gasteiger partial charge in [0.25, 0.3) is 0 Å². The maximum Gasteiger partial charge on any atom is 0.326 e. The Labute approximate surface area is 116 Å². The van der Waals surface area contributed by atoms with E-state index < -0.39 is 35.1 Å². The Hall–Kier alpha value is -2.22. The Morgan fingerprint density at radius 1 is 1.20 bits per heavy atom. The number of rotatable bonds is 7. The van der Waals surface area contributed by atoms with Crippen molar-refractivity contribution in [3.05, 3.63) is 12.2 Å². The van der Waals surface area contributed by atoms with Gasteiger partial charge in [0.15, 0.2) is 11.3 Å². The molecule has 0 unspecified atom stereocenters. The first-order valence-electron chi connectivity index (χ1n) is 5.84. The fraction of sp³-hybridized carbons (Fsp3) is 0.500. The molecule has 0 bridgehead atoms. The molecule has 2 amide bonds. The van der Waals surface area contributed by atoms with Crippen LogP contribution in [0.2, 0.25) is 0 Å². The summed E-state index contributed by atoms with van der Waals surface area (Å²) in [5.41, 5.74) is 8.41. The molecule has 6 N–H and O–H groups in total. The summed E-state index contributed by atoms with van der Waals surface area (Å²) in [4.78, 5) is 45.1. The number of hydrogen-bond acceptors (Lipinski definition) is 5. The highest BCUT2D eigenvalue weighted by atomic mass is 16.4. The van der Waals surface area contributed by atoms with Gasteiger partial charge in [0.05, 0.1) is 0 Å². The molecule has 112 valence electrons. The molecule has 8 heteroatoms. The fourth-order valence-electron chi connectivity index (χ4n) is 1.25. The van der Waals surface area contributed by atoms with Gasteiger partial charge < -0.3 is 21.9 Å². The van der Waals surface area contributed by atoms with Crippen molar-refractivity contribution in [1.29, 1.82) is 0 Å². The lowest BCUT2D eigenvalue weighted by Crippen LogP contribution is -2.60. The molecule has 0 fully saturated rings. The highest BCUT2D eigenvalue weighted by molar-refractivity contribution is 6.16. The highest BCUT2D eigenvalue weighted by Crippen LogP contribution is 2.07. The number of primary amides is 1. The zero-order valence-corrected chi connectivity index (χ0v) is 11.5. The van der Waals surface area contributed by atoms with Gasteiger partial charge in [-0.05, 0) is 18.9 Å². The van der Waals surface area contributed by atoms with Gasteiger partial charge in [0.2, 0.25) is 11.8 Å². The molecule has 0 aliphatic carbocycles. The minimum absolute atomic E-state index is 0.386. The maximum atomic E-state index is 11.9. The summed E-state index contributed by atoms with van der Waals surface area (Å²) in [6.45, 7) is 4.32. The average Bonchev–Trinajstić information content (AvgIpc) is 2.31. The zero-order chi connectivity index (χ0) is 16.1. The number of hydrogen-bond donors (Lipinski definition) is 4. The average molecular weight is 285 g/mol. The number of aliphatic carboxylic acids is 1. The van der Waals surface area contributed by atoms with Gasteiger partial charge >= 0.3 is 5.97 Å². The van der Waals surface area contributed by atoms with Crippen LogP contribution in [-0.4, -0.2) is 40.3 Å². The Bertz CT molecular complexity index is 454. The van der Waals surface area contributed by atoms with Crippen LogP contribution in [0, 0.1) is 5.92 Å². The molecule has 0 aliphatic rings. The van der Waals surface area contributed by atoms with Gasteiger partial charge in [-0.2, -0.15) is 0 Å². The van der Waals surface area contributed by atoms with Crippen LogP contribution in [-0.2, 0) is 19.2 Å². The molecule has 0 aromatic carbocycles. The van der Waals surface area contributed by atoms with Crippen LogP contribution >= 0.6 is 0 Å². The van der Waals surface area contributed by atoms with E-state index in [0.717, 1.165) is 19.1 Å². The summed E-state index contributed by atoms with van der Waals surface area (Å²) in [5.74, 6) is -4.28. The fourth-order valence-corrected chi connectivity index (χ4v) is 1.25. The minimum Gasteiger partial charge on any atom is -0.480 e. The van der Waals surface area contributed by atoms with E-state index in [9.17, 15) is 19.2 Å². The maximum absolute atomic E-state index is 11.9. The van der Waals surface area contributed by atoms with Gasteiger partial charge in [-0.25, -0.2) is 4.79 Å². The predicted octanol–water partition coefficient (Wildman–Crippen LogP) is -1.46. The van der Waals surface area contributed by atoms with Crippen molar-refractivity contribution in [1.82, 2.24) is 5.32 Å². The van der Waals surface area contributed by atoms with E-state index in [0.29, 0.717) is 0 Å². The number of ketones is 1. The predicted molar refractivity (Wildman–Crippen MR) is 70.3 cm³/mol. The minimum atomic E-state index is -1.99. The van der Waals surface area contributed by atoms with Crippen LogP contribution < -0.4 is 16.8 Å². The van der Waals surface area contributed by atoms with Gasteiger partial charge in [-0.1, -0.05) is 13.8 Å². The largest absolute Gasteiger partial charge is 0.480 e. The molecule has 0 aliphatic heterocycles. The molecule has 0 aromatic heterocycles. The SMILES string of the molecule is CC(C)[C@H](NC(=O)[C@@](C)(N)C(=O)/C=C/C(N)=O)C(=O)O. The number of carboxylic acids is 1. The van der Waals surface area contributed by atoms with E-state index in [1.165, 1.54) is 0 Å². The second-order valence-electron chi connectivity index (χ2n) is 4.84. The second kappa shape index (κ2) is 6.80. The first kappa shape index (κ1) is 17.8. The van der Waals surface area contributed by atoms with Crippen molar-refractivity contribution in [2.45, 2.75) is 32.4 Å². The van der Waals surface area contributed by atoms with Crippen LogP contribution in [0.15, 0.2) is 12.2 Å². The first-order chi connectivity index (χ1) is 9.00. The van der Waals surface area contributed by atoms with Crippen molar-refractivity contribution >= 4 is 23.6 Å². The van der Waals surface area contributed by atoms with Crippen LogP contribution in [0.5, 0.6) is 0 Å². The van der Waals surface area contributed by atoms with Crippen LogP contribution in [0.1, 0.15) is 20.8 Å². The van der Waals surface area contributed by atoms with Crippen LogP contribution in [0.4, 0.5) is 0 Å². The van der Waals surface area contributed by atoms with Gasteiger partial charge in [-0.15, -0.1) is 0 Å². The number of carbonyl (C=O) groups excluding carboxylic acids is 3. The van der Waals surface area contributed by atoms with E-state index in [1.54, 1.807) is 13.8 Å². The summed E-state index contributed by atoms with van der Waals surface area (Å²) in [5, 5.41) is 11.1. The van der Waals surface area contributed by atoms with Gasteiger partial charge in [-0.3, -0.25) is 14.4 Å². The van der Waals surface area contributed by atoms with Crippen LogP contribution in [0.25, 0.3) is 0 Å². The van der Waals surface area contributed by atoms with Gasteiger partial charge in [0.1, 0.15) is 6.04 Å². The van der Waals surface area contributed by atoms with E-state index in [1.807, 2.05) is 0 Å². The molecule has 0 rings (SSSR count). The smallest absolute Gasteiger partial charge is 0.326 e. The highest BCUT2D eigenvalue weighted by Gasteiger charge is 2.38. The lowest BCUT2D eigenvalue weighted by atomic mass is 9.94. The van der Waals surface area contributed by atoms with E-state index in [2.05, 4.69) is 5.32 Å². The van der Waals surface area contributed by atoms with E-state index >= 15 is 0 Å². The number of nitrogens with one attached hydrogen (secondary N) is 1. The monoisotopic (exact) mass is 285 g/mol. The molecule has 0 spiro atoms. The molecular formula is C12H19N3O5. The molecule has 8 nitrogen and oxygen atoms in total. The zero-order valence-electron chi connectivity index (χ0n) is 11.5. The molecule has 20 heavy (non-hydrogen) atoms. The Morgan fingerprint density at radius 2 is 1.70 bits per heavy atom. The van der Waals surface area contributed by atoms with Crippen molar-refractivity contribution in [2.75, 3.05) is 0 Å². The lowest BCUT2D eigenvalue weighted by molar-refractivity contribution is -0.145. The molecule has 0 heterocycles. The second-order valence-corrected chi connectivity index (χ2v) is 4.84. The summed E-state index contributed by atoms with van der Waals surface area (Å²) in [7, 11) is 0. The topological polar surface area (TPSA) is 153 Å². The van der Waals surface area contributed by atoms with E-state index in [-0.39, 0.29) is 5.92 Å². The summed E-state index contributed by atoms with van der Waals surface area (Å²) >= 11 is 0. The summed E-state index contributed by atoms with van der Waals surface area (Å²) in [6.07, 6.45) is 1.56. The third kappa shape index (κ3) is 4.81. The standard InChI is InChI=1S/C12H19N3O5/c1-6(2)9(10(18)19)15-11(20)12(3,14)7(16)4-5-8(13)17/h4-6,9H,14H2,1-3H3,(H2,13,17)(H,15,20)(H,18,19)/b5-4+/t9-,12-/m0/s1. The normalized spacial score (nSPS) is 15.7. The number of carboxylic acid groups (broad SMARTS) is 1. The van der Waals surface area contributed by atoms with Crippen molar-refractivity contribution in [2.24, 2.45) is 17.4 Å². The van der Waals surface area contributed by atoms with Crippen LogP contribution in [0.3, 0.4) is 0 Å². The lowest BCUT2D eigenvalue weighted by Gasteiger charge is -2.25. The number of amides is 2. The van der Waals surface area contributed by atoms with Crippen molar-refractivity contribution in [3.63, 3.8) is 0 Å². The number of nitrogens with two attached hydrogens (primary N) is 2. The van der Waals surface area contributed by atoms with E-state index in [4.69, 9.17) is 16.6 Å². The third-order valence-electron chi connectivity index (χ3n) is 2.60. The summed E-state index contributed by atoms with van der Waals surface area (Å²) in [6, 6.07) is -1.17. The molecule has 0 aromatic rings. The van der Waals surface area contributed by atoms with Crippen molar-refractivity contribution < 1.29 is 24.3 Å². The molecule has 0 radical (unpaired) electrons. The van der Waals surface area contributed by atoms with Crippen molar-refractivity contribution in [3.8, 4) is 0 Å². The quantitative estimate of drug-likeness (QED) is 0.331. The first-order valence-corrected chi connectivity index (χ1v) is 5.84. The Kier molecular flexibility index (Phi) is 6.05. The third-order valence-corrected chi connectivity index (χ3v) is 2.60. The Morgan fingerprint density at radius 3 is 2.05 bits per heavy atom. The van der Waals surface area contributed by atoms with Gasteiger partial charge in [0, 0.05) is 6.08 Å². The molecule has 0 saturated carbocycles. The Balaban J connectivity index is 5.02. The summed E-state index contributed by atoms with van der Waals surface area (Å²) < 4.78 is 0. The molecular weight excluding hydrogens is 266 g/mol. The molecule has 0 saturated heterocycles. The molecule has 2 atom stereocenters. The number of carbonyl (C=O) groups is 4.